The van der Waals surface area contributed by atoms with E-state index in [2.05, 4.69) is 28.9 Å². The first-order valence-corrected chi connectivity index (χ1v) is 11.5. The lowest BCUT2D eigenvalue weighted by atomic mass is 10.0. The molecule has 1 fully saturated rings. The van der Waals surface area contributed by atoms with Crippen molar-refractivity contribution < 1.29 is 13.2 Å². The second kappa shape index (κ2) is 7.22. The number of rotatable bonds is 4. The Morgan fingerprint density at radius 2 is 1.86 bits per heavy atom. The highest BCUT2D eigenvalue weighted by Gasteiger charge is 2.34. The normalized spacial score (nSPS) is 18.6. The fourth-order valence-corrected chi connectivity index (χ4v) is 5.39. The van der Waals surface area contributed by atoms with E-state index in [-0.39, 0.29) is 5.91 Å². The minimum absolute atomic E-state index is 0.260. The first-order valence-electron chi connectivity index (χ1n) is 9.69. The first kappa shape index (κ1) is 19.0. The van der Waals surface area contributed by atoms with Crippen molar-refractivity contribution in [1.29, 1.82) is 0 Å². The molecule has 1 saturated heterocycles. The van der Waals surface area contributed by atoms with Gasteiger partial charge in [-0.25, -0.2) is 8.42 Å². The number of hydrogen-bond donors (Lipinski definition) is 1. The van der Waals surface area contributed by atoms with E-state index in [0.717, 1.165) is 35.7 Å². The fourth-order valence-electron chi connectivity index (χ4n) is 4.26. The van der Waals surface area contributed by atoms with E-state index < -0.39 is 16.1 Å². The summed E-state index contributed by atoms with van der Waals surface area (Å²) >= 11 is 0. The van der Waals surface area contributed by atoms with Crippen LogP contribution in [0.5, 0.6) is 0 Å². The predicted molar refractivity (Wildman–Crippen MR) is 113 cm³/mol. The average Bonchev–Trinajstić information content (AvgIpc) is 3.00. The molecule has 28 heavy (non-hydrogen) atoms. The van der Waals surface area contributed by atoms with Gasteiger partial charge in [-0.15, -0.1) is 0 Å². The van der Waals surface area contributed by atoms with Crippen molar-refractivity contribution in [3.05, 3.63) is 42.5 Å². The standard InChI is InChI=1S/C21H25N3O3S/c1-3-23-18-9-5-4-8-16(18)17-14-15(11-12-19(17)23)22-21(25)20-10-6-7-13-24(20)28(2,26)27/h4-5,8-9,11-12,14,20H,3,6-7,10,13H2,1-2H3,(H,22,25). The molecule has 0 spiro atoms. The number of nitrogens with zero attached hydrogens (tertiary/aromatic N) is 2. The lowest BCUT2D eigenvalue weighted by molar-refractivity contribution is -0.120. The Hall–Kier alpha value is -2.38. The number of para-hydroxylation sites is 1. The molecule has 1 unspecified atom stereocenters. The van der Waals surface area contributed by atoms with Gasteiger partial charge in [0.25, 0.3) is 0 Å². The van der Waals surface area contributed by atoms with Gasteiger partial charge >= 0.3 is 0 Å². The number of aryl methyl sites for hydroxylation is 1. The summed E-state index contributed by atoms with van der Waals surface area (Å²) in [6.07, 6.45) is 3.37. The monoisotopic (exact) mass is 399 g/mol. The van der Waals surface area contributed by atoms with Gasteiger partial charge < -0.3 is 9.88 Å². The Morgan fingerprint density at radius 1 is 1.11 bits per heavy atom. The third kappa shape index (κ3) is 3.29. The van der Waals surface area contributed by atoms with Gasteiger partial charge in [0.2, 0.25) is 15.9 Å². The van der Waals surface area contributed by atoms with Crippen LogP contribution in [0.2, 0.25) is 0 Å². The molecule has 1 aliphatic rings. The minimum Gasteiger partial charge on any atom is -0.341 e. The van der Waals surface area contributed by atoms with Gasteiger partial charge in [0.1, 0.15) is 6.04 Å². The molecular weight excluding hydrogens is 374 g/mol. The van der Waals surface area contributed by atoms with Crippen molar-refractivity contribution in [2.45, 2.75) is 38.8 Å². The third-order valence-corrected chi connectivity index (χ3v) is 6.83. The van der Waals surface area contributed by atoms with Crippen LogP contribution in [0.15, 0.2) is 42.5 Å². The van der Waals surface area contributed by atoms with Crippen molar-refractivity contribution in [2.24, 2.45) is 0 Å². The molecule has 1 aromatic heterocycles. The van der Waals surface area contributed by atoms with Crippen LogP contribution >= 0.6 is 0 Å². The number of carbonyl (C=O) groups is 1. The highest BCUT2D eigenvalue weighted by molar-refractivity contribution is 7.88. The summed E-state index contributed by atoms with van der Waals surface area (Å²) in [6, 6.07) is 13.5. The molecular formula is C21H25N3O3S. The van der Waals surface area contributed by atoms with E-state index >= 15 is 0 Å². The van der Waals surface area contributed by atoms with E-state index in [1.807, 2.05) is 30.3 Å². The van der Waals surface area contributed by atoms with Crippen LogP contribution in [0.3, 0.4) is 0 Å². The molecule has 148 valence electrons. The van der Waals surface area contributed by atoms with Crippen LogP contribution in [0.1, 0.15) is 26.2 Å². The summed E-state index contributed by atoms with van der Waals surface area (Å²) in [7, 11) is -3.41. The van der Waals surface area contributed by atoms with Crippen LogP contribution in [0.25, 0.3) is 21.8 Å². The lowest BCUT2D eigenvalue weighted by Crippen LogP contribution is -2.49. The zero-order valence-electron chi connectivity index (χ0n) is 16.2. The third-order valence-electron chi connectivity index (χ3n) is 5.54. The molecule has 1 aliphatic heterocycles. The largest absolute Gasteiger partial charge is 0.341 e. The molecule has 2 aromatic carbocycles. The number of nitrogens with one attached hydrogen (secondary N) is 1. The van der Waals surface area contributed by atoms with Gasteiger partial charge in [0.15, 0.2) is 0 Å². The van der Waals surface area contributed by atoms with Crippen molar-refractivity contribution >= 4 is 43.4 Å². The molecule has 0 saturated carbocycles. The SMILES string of the molecule is CCn1c2ccccc2c2cc(NC(=O)C3CCCCN3S(C)(=O)=O)ccc21. The van der Waals surface area contributed by atoms with Crippen molar-refractivity contribution in [3.63, 3.8) is 0 Å². The summed E-state index contributed by atoms with van der Waals surface area (Å²) < 4.78 is 27.7. The van der Waals surface area contributed by atoms with Crippen LogP contribution in [-0.4, -0.2) is 42.0 Å². The summed E-state index contributed by atoms with van der Waals surface area (Å²) in [5, 5.41) is 5.17. The van der Waals surface area contributed by atoms with E-state index in [4.69, 9.17) is 0 Å². The number of fused-ring (bicyclic) bond motifs is 3. The molecule has 6 nitrogen and oxygen atoms in total. The van der Waals surface area contributed by atoms with Crippen molar-refractivity contribution in [3.8, 4) is 0 Å². The number of sulfonamides is 1. The molecule has 1 amide bonds. The van der Waals surface area contributed by atoms with Gasteiger partial charge in [0, 0.05) is 40.6 Å². The summed E-state index contributed by atoms with van der Waals surface area (Å²) in [5.41, 5.74) is 2.98. The maximum atomic E-state index is 12.9. The van der Waals surface area contributed by atoms with E-state index in [0.29, 0.717) is 18.7 Å². The van der Waals surface area contributed by atoms with Gasteiger partial charge in [-0.2, -0.15) is 4.31 Å². The predicted octanol–water partition coefficient (Wildman–Crippen LogP) is 3.57. The summed E-state index contributed by atoms with van der Waals surface area (Å²) in [4.78, 5) is 12.9. The second-order valence-electron chi connectivity index (χ2n) is 7.37. The molecule has 2 heterocycles. The molecule has 4 rings (SSSR count). The van der Waals surface area contributed by atoms with Gasteiger partial charge in [-0.05, 0) is 44.0 Å². The van der Waals surface area contributed by atoms with Crippen LogP contribution in [0.4, 0.5) is 5.69 Å². The number of piperidine rings is 1. The maximum absolute atomic E-state index is 12.9. The first-order chi connectivity index (χ1) is 13.4. The Morgan fingerprint density at radius 3 is 2.61 bits per heavy atom. The molecule has 0 aliphatic carbocycles. The van der Waals surface area contributed by atoms with E-state index in [9.17, 15) is 13.2 Å². The smallest absolute Gasteiger partial charge is 0.242 e. The Balaban J connectivity index is 1.68. The topological polar surface area (TPSA) is 71.4 Å². The average molecular weight is 400 g/mol. The van der Waals surface area contributed by atoms with Crippen molar-refractivity contribution in [1.82, 2.24) is 8.87 Å². The quantitative estimate of drug-likeness (QED) is 0.729. The van der Waals surface area contributed by atoms with Gasteiger partial charge in [-0.3, -0.25) is 4.79 Å². The van der Waals surface area contributed by atoms with Crippen molar-refractivity contribution in [2.75, 3.05) is 18.1 Å². The molecule has 1 N–H and O–H groups in total. The molecule has 1 atom stereocenters. The Kier molecular flexibility index (Phi) is 4.89. The zero-order chi connectivity index (χ0) is 19.9. The number of amides is 1. The molecule has 0 bridgehead atoms. The molecule has 3 aromatic rings. The number of carbonyl (C=O) groups excluding carboxylic acids is 1. The van der Waals surface area contributed by atoms with Crippen LogP contribution in [0, 0.1) is 0 Å². The van der Waals surface area contributed by atoms with Gasteiger partial charge in [0.05, 0.1) is 6.26 Å². The fraction of sp³-hybridized carbons (Fsp3) is 0.381. The van der Waals surface area contributed by atoms with Gasteiger partial charge in [-0.1, -0.05) is 24.6 Å². The number of aromatic nitrogens is 1. The maximum Gasteiger partial charge on any atom is 0.242 e. The zero-order valence-corrected chi connectivity index (χ0v) is 17.0. The number of hydrogen-bond acceptors (Lipinski definition) is 3. The second-order valence-corrected chi connectivity index (χ2v) is 9.30. The number of anilines is 1. The number of benzene rings is 2. The Labute approximate surface area is 165 Å². The van der Waals surface area contributed by atoms with Crippen LogP contribution < -0.4 is 5.32 Å². The lowest BCUT2D eigenvalue weighted by Gasteiger charge is -2.32. The highest BCUT2D eigenvalue weighted by atomic mass is 32.2. The van der Waals surface area contributed by atoms with E-state index in [1.54, 1.807) is 0 Å². The molecule has 7 heteroatoms. The summed E-state index contributed by atoms with van der Waals surface area (Å²) in [6.45, 7) is 3.38. The minimum atomic E-state index is -3.41. The highest BCUT2D eigenvalue weighted by Crippen LogP contribution is 2.31. The van der Waals surface area contributed by atoms with E-state index in [1.165, 1.54) is 16.1 Å². The Bertz CT molecular complexity index is 1150. The summed E-state index contributed by atoms with van der Waals surface area (Å²) in [5.74, 6) is -0.260. The van der Waals surface area contributed by atoms with Crippen LogP contribution in [-0.2, 0) is 21.4 Å². The molecule has 0 radical (unpaired) electrons.